The largest absolute Gasteiger partial charge is 0.465 e. The number of hydrogen-bond acceptors (Lipinski definition) is 5. The molecule has 0 spiro atoms. The molecular formula is C8H11NO3S. The second-order valence-corrected chi connectivity index (χ2v) is 3.50. The van der Waals surface area contributed by atoms with Crippen molar-refractivity contribution in [1.82, 2.24) is 0 Å². The molecule has 4 nitrogen and oxygen atoms in total. The van der Waals surface area contributed by atoms with Crippen LogP contribution >= 0.6 is 11.8 Å². The average molecular weight is 201 g/mol. The molecule has 5 heteroatoms. The SMILES string of the molecule is CCOC(=O)C1C(=O)CSC1=NC. The van der Waals surface area contributed by atoms with Crippen LogP contribution in [-0.2, 0) is 14.3 Å². The number of carbonyl (C=O) groups is 2. The summed E-state index contributed by atoms with van der Waals surface area (Å²) in [6, 6.07) is 0. The van der Waals surface area contributed by atoms with Gasteiger partial charge in [0.25, 0.3) is 0 Å². The molecule has 0 aromatic heterocycles. The molecule has 13 heavy (non-hydrogen) atoms. The van der Waals surface area contributed by atoms with Crippen LogP contribution in [0.1, 0.15) is 6.92 Å². The first kappa shape index (κ1) is 10.2. The zero-order valence-electron chi connectivity index (χ0n) is 7.57. The normalized spacial score (nSPS) is 25.2. The van der Waals surface area contributed by atoms with E-state index in [9.17, 15) is 9.59 Å². The van der Waals surface area contributed by atoms with Gasteiger partial charge in [-0.1, -0.05) is 0 Å². The third kappa shape index (κ3) is 2.09. The second kappa shape index (κ2) is 4.41. The Balaban J connectivity index is 2.75. The lowest BCUT2D eigenvalue weighted by Crippen LogP contribution is -2.27. The van der Waals surface area contributed by atoms with Crippen LogP contribution in [0.15, 0.2) is 4.99 Å². The zero-order chi connectivity index (χ0) is 9.84. The topological polar surface area (TPSA) is 55.7 Å². The minimum absolute atomic E-state index is 0.107. The molecule has 0 amide bonds. The highest BCUT2D eigenvalue weighted by Gasteiger charge is 2.38. The fraction of sp³-hybridized carbons (Fsp3) is 0.625. The summed E-state index contributed by atoms with van der Waals surface area (Å²) in [7, 11) is 1.58. The highest BCUT2D eigenvalue weighted by molar-refractivity contribution is 8.15. The molecule has 0 N–H and O–H groups in total. The number of esters is 1. The van der Waals surface area contributed by atoms with Gasteiger partial charge in [0, 0.05) is 7.05 Å². The van der Waals surface area contributed by atoms with Gasteiger partial charge in [0.1, 0.15) is 0 Å². The van der Waals surface area contributed by atoms with Crippen molar-refractivity contribution < 1.29 is 14.3 Å². The lowest BCUT2D eigenvalue weighted by molar-refractivity contribution is -0.147. The number of thioether (sulfide) groups is 1. The van der Waals surface area contributed by atoms with E-state index in [1.807, 2.05) is 0 Å². The maximum atomic E-state index is 11.3. The molecule has 0 bridgehead atoms. The minimum Gasteiger partial charge on any atom is -0.465 e. The first-order valence-corrected chi connectivity index (χ1v) is 4.98. The molecule has 0 aliphatic carbocycles. The summed E-state index contributed by atoms with van der Waals surface area (Å²) in [6.07, 6.45) is 0. The van der Waals surface area contributed by atoms with E-state index >= 15 is 0 Å². The van der Waals surface area contributed by atoms with E-state index in [4.69, 9.17) is 4.74 Å². The van der Waals surface area contributed by atoms with Gasteiger partial charge in [-0.3, -0.25) is 14.6 Å². The Bertz CT molecular complexity index is 262. The van der Waals surface area contributed by atoms with Crippen LogP contribution in [0.4, 0.5) is 0 Å². The number of ether oxygens (including phenoxy) is 1. The van der Waals surface area contributed by atoms with Crippen LogP contribution in [0.25, 0.3) is 0 Å². The Labute approximate surface area is 80.7 Å². The Morgan fingerprint density at radius 2 is 2.46 bits per heavy atom. The molecular weight excluding hydrogens is 190 g/mol. The van der Waals surface area contributed by atoms with Gasteiger partial charge in [-0.05, 0) is 6.92 Å². The minimum atomic E-state index is -0.755. The molecule has 0 saturated carbocycles. The van der Waals surface area contributed by atoms with Crippen molar-refractivity contribution in [2.45, 2.75) is 6.92 Å². The molecule has 0 radical (unpaired) electrons. The van der Waals surface area contributed by atoms with Gasteiger partial charge >= 0.3 is 5.97 Å². The smallest absolute Gasteiger partial charge is 0.323 e. The average Bonchev–Trinajstić information content (AvgIpc) is 2.47. The van der Waals surface area contributed by atoms with Crippen LogP contribution in [0.5, 0.6) is 0 Å². The molecule has 0 aromatic rings. The third-order valence-electron chi connectivity index (χ3n) is 1.67. The molecule has 1 rings (SSSR count). The summed E-state index contributed by atoms with van der Waals surface area (Å²) in [5.41, 5.74) is 0. The van der Waals surface area contributed by atoms with E-state index < -0.39 is 11.9 Å². The van der Waals surface area contributed by atoms with Gasteiger partial charge < -0.3 is 4.74 Å². The fourth-order valence-electron chi connectivity index (χ4n) is 1.10. The predicted molar refractivity (Wildman–Crippen MR) is 50.9 cm³/mol. The maximum absolute atomic E-state index is 11.3. The Kier molecular flexibility index (Phi) is 3.48. The van der Waals surface area contributed by atoms with Gasteiger partial charge in [0.05, 0.1) is 17.4 Å². The Morgan fingerprint density at radius 3 is 3.00 bits per heavy atom. The van der Waals surface area contributed by atoms with Gasteiger partial charge in [-0.15, -0.1) is 11.8 Å². The highest BCUT2D eigenvalue weighted by Crippen LogP contribution is 2.25. The lowest BCUT2D eigenvalue weighted by Gasteiger charge is -2.06. The van der Waals surface area contributed by atoms with Crippen LogP contribution in [0.2, 0.25) is 0 Å². The van der Waals surface area contributed by atoms with E-state index in [1.165, 1.54) is 11.8 Å². The Hall–Kier alpha value is -0.840. The van der Waals surface area contributed by atoms with E-state index in [2.05, 4.69) is 4.99 Å². The quantitative estimate of drug-likeness (QED) is 0.482. The number of hydrogen-bond donors (Lipinski definition) is 0. The van der Waals surface area contributed by atoms with Gasteiger partial charge in [0.2, 0.25) is 0 Å². The van der Waals surface area contributed by atoms with E-state index in [0.717, 1.165) is 0 Å². The van der Waals surface area contributed by atoms with E-state index in [-0.39, 0.29) is 5.78 Å². The molecule has 1 fully saturated rings. The number of carbonyl (C=O) groups excluding carboxylic acids is 2. The van der Waals surface area contributed by atoms with E-state index in [1.54, 1.807) is 14.0 Å². The summed E-state index contributed by atoms with van der Waals surface area (Å²) in [6.45, 7) is 2.01. The van der Waals surface area contributed by atoms with E-state index in [0.29, 0.717) is 17.4 Å². The first-order valence-electron chi connectivity index (χ1n) is 3.99. The van der Waals surface area contributed by atoms with Crippen LogP contribution < -0.4 is 0 Å². The monoisotopic (exact) mass is 201 g/mol. The molecule has 1 aliphatic rings. The number of nitrogens with zero attached hydrogens (tertiary/aromatic N) is 1. The Morgan fingerprint density at radius 1 is 1.77 bits per heavy atom. The van der Waals surface area contributed by atoms with Crippen molar-refractivity contribution in [2.75, 3.05) is 19.4 Å². The van der Waals surface area contributed by atoms with Gasteiger partial charge in [-0.25, -0.2) is 0 Å². The number of rotatable bonds is 2. The van der Waals surface area contributed by atoms with Crippen molar-refractivity contribution in [3.8, 4) is 0 Å². The van der Waals surface area contributed by atoms with Gasteiger partial charge in [0.15, 0.2) is 11.7 Å². The lowest BCUT2D eigenvalue weighted by atomic mass is 10.1. The van der Waals surface area contributed by atoms with Crippen molar-refractivity contribution in [1.29, 1.82) is 0 Å². The van der Waals surface area contributed by atoms with Crippen LogP contribution in [0, 0.1) is 5.92 Å². The second-order valence-electron chi connectivity index (χ2n) is 2.50. The third-order valence-corrected chi connectivity index (χ3v) is 2.82. The maximum Gasteiger partial charge on any atom is 0.323 e. The highest BCUT2D eigenvalue weighted by atomic mass is 32.2. The zero-order valence-corrected chi connectivity index (χ0v) is 8.39. The fourth-order valence-corrected chi connectivity index (χ4v) is 2.08. The van der Waals surface area contributed by atoms with Crippen molar-refractivity contribution in [3.05, 3.63) is 0 Å². The molecule has 1 unspecified atom stereocenters. The van der Waals surface area contributed by atoms with Crippen LogP contribution in [0.3, 0.4) is 0 Å². The molecule has 1 aliphatic heterocycles. The molecule has 1 saturated heterocycles. The molecule has 1 heterocycles. The van der Waals surface area contributed by atoms with Gasteiger partial charge in [-0.2, -0.15) is 0 Å². The molecule has 0 aromatic carbocycles. The standard InChI is InChI=1S/C8H11NO3S/c1-3-12-8(11)6-5(10)4-13-7(6)9-2/h6H,3-4H2,1-2H3. The summed E-state index contributed by atoms with van der Waals surface area (Å²) >= 11 is 1.31. The molecule has 1 atom stereocenters. The van der Waals surface area contributed by atoms with Crippen molar-refractivity contribution in [2.24, 2.45) is 10.9 Å². The predicted octanol–water partition coefficient (Wildman–Crippen LogP) is 0.510. The van der Waals surface area contributed by atoms with Crippen molar-refractivity contribution >= 4 is 28.6 Å². The first-order chi connectivity index (χ1) is 6.20. The number of ketones is 1. The summed E-state index contributed by atoms with van der Waals surface area (Å²) in [4.78, 5) is 26.4. The summed E-state index contributed by atoms with van der Waals surface area (Å²) in [5, 5.41) is 0.573. The van der Waals surface area contributed by atoms with Crippen molar-refractivity contribution in [3.63, 3.8) is 0 Å². The number of aliphatic imine (C=N–C) groups is 1. The molecule has 72 valence electrons. The summed E-state index contributed by atoms with van der Waals surface area (Å²) in [5.74, 6) is -1.01. The number of Topliss-reactive ketones (excluding diaryl/α,β-unsaturated/α-hetero) is 1. The summed E-state index contributed by atoms with van der Waals surface area (Å²) < 4.78 is 4.77. The van der Waals surface area contributed by atoms with Crippen LogP contribution in [-0.4, -0.2) is 36.2 Å².